The van der Waals surface area contributed by atoms with Crippen LogP contribution in [0.1, 0.15) is 21.0 Å². The maximum Gasteiger partial charge on any atom is 0.354 e. The first-order valence-corrected chi connectivity index (χ1v) is 3.18. The second-order valence-corrected chi connectivity index (χ2v) is 2.21. The average molecular weight is 242 g/mol. The Morgan fingerprint density at radius 3 is 1.71 bits per heavy atom. The van der Waals surface area contributed by atoms with E-state index in [9.17, 15) is 9.59 Å². The van der Waals surface area contributed by atoms with E-state index in [4.69, 9.17) is 15.3 Å². The fourth-order valence-corrected chi connectivity index (χ4v) is 0.735. The van der Waals surface area contributed by atoms with Crippen molar-refractivity contribution in [2.75, 3.05) is 0 Å². The Bertz CT molecular complexity index is 346. The van der Waals surface area contributed by atoms with Gasteiger partial charge in [-0.2, -0.15) is 0 Å². The van der Waals surface area contributed by atoms with E-state index in [1.807, 2.05) is 0 Å². The Kier molecular flexibility index (Phi) is 4.06. The Balaban J connectivity index is 0.00000169. The molecule has 1 rings (SSSR count). The molecule has 1 heterocycles. The van der Waals surface area contributed by atoms with Gasteiger partial charge < -0.3 is 15.3 Å². The first kappa shape index (κ1) is 12.4. The molecular formula is C7H5CoNO5. The topological polar surface area (TPSA) is 108 Å². The van der Waals surface area contributed by atoms with Crippen LogP contribution in [0.25, 0.3) is 0 Å². The van der Waals surface area contributed by atoms with Crippen molar-refractivity contribution in [2.24, 2.45) is 0 Å². The van der Waals surface area contributed by atoms with Crippen LogP contribution in [-0.2, 0) is 16.8 Å². The number of nitrogens with zero attached hydrogens (tertiary/aromatic N) is 1. The van der Waals surface area contributed by atoms with Gasteiger partial charge in [0.25, 0.3) is 0 Å². The third-order valence-corrected chi connectivity index (χ3v) is 1.25. The summed E-state index contributed by atoms with van der Waals surface area (Å²) >= 11 is 0. The van der Waals surface area contributed by atoms with Crippen molar-refractivity contribution < 1.29 is 41.7 Å². The molecular weight excluding hydrogens is 237 g/mol. The minimum Gasteiger partial charge on any atom is -0.508 e. The molecule has 0 spiro atoms. The number of hydrogen-bond donors (Lipinski definition) is 3. The monoisotopic (exact) mass is 242 g/mol. The third kappa shape index (κ3) is 2.71. The van der Waals surface area contributed by atoms with E-state index in [1.165, 1.54) is 0 Å². The van der Waals surface area contributed by atoms with Crippen LogP contribution < -0.4 is 0 Å². The van der Waals surface area contributed by atoms with Crippen LogP contribution in [0, 0.1) is 0 Å². The molecule has 7 heteroatoms. The fourth-order valence-electron chi connectivity index (χ4n) is 0.735. The second kappa shape index (κ2) is 4.58. The van der Waals surface area contributed by atoms with Crippen LogP contribution in [0.2, 0.25) is 0 Å². The van der Waals surface area contributed by atoms with Crippen molar-refractivity contribution in [3.8, 4) is 5.75 Å². The number of aromatic nitrogens is 1. The SMILES string of the molecule is O=C(O)c1cc(O)cc(C(=O)O)n1.[Co]. The fraction of sp³-hybridized carbons (Fsp3) is 0. The van der Waals surface area contributed by atoms with Crippen LogP contribution in [0.5, 0.6) is 5.75 Å². The third-order valence-electron chi connectivity index (χ3n) is 1.25. The molecule has 6 nitrogen and oxygen atoms in total. The molecule has 77 valence electrons. The molecule has 1 aromatic rings. The Morgan fingerprint density at radius 1 is 1.07 bits per heavy atom. The minimum absolute atomic E-state index is 0. The van der Waals surface area contributed by atoms with Gasteiger partial charge in [0.1, 0.15) is 5.75 Å². The van der Waals surface area contributed by atoms with Crippen molar-refractivity contribution in [3.05, 3.63) is 23.5 Å². The van der Waals surface area contributed by atoms with E-state index in [-0.39, 0.29) is 16.8 Å². The molecule has 0 aliphatic rings. The molecule has 0 aromatic carbocycles. The van der Waals surface area contributed by atoms with Crippen LogP contribution in [0.15, 0.2) is 12.1 Å². The normalized spacial score (nSPS) is 8.86. The van der Waals surface area contributed by atoms with Crippen LogP contribution in [0.4, 0.5) is 0 Å². The van der Waals surface area contributed by atoms with E-state index in [2.05, 4.69) is 4.98 Å². The van der Waals surface area contributed by atoms with E-state index >= 15 is 0 Å². The molecule has 0 aliphatic heterocycles. The Morgan fingerprint density at radius 2 is 1.43 bits per heavy atom. The predicted octanol–water partition coefficient (Wildman–Crippen LogP) is 0.181. The van der Waals surface area contributed by atoms with Gasteiger partial charge in [-0.25, -0.2) is 14.6 Å². The van der Waals surface area contributed by atoms with Crippen LogP contribution >= 0.6 is 0 Å². The Labute approximate surface area is 88.4 Å². The first-order chi connectivity index (χ1) is 6.00. The van der Waals surface area contributed by atoms with E-state index in [0.717, 1.165) is 12.1 Å². The molecule has 14 heavy (non-hydrogen) atoms. The zero-order chi connectivity index (χ0) is 10.0. The number of carboxylic acids is 2. The summed E-state index contributed by atoms with van der Waals surface area (Å²) in [5.74, 6) is -3.22. The molecule has 0 saturated carbocycles. The van der Waals surface area contributed by atoms with Crippen molar-refractivity contribution in [1.82, 2.24) is 4.98 Å². The largest absolute Gasteiger partial charge is 0.508 e. The summed E-state index contributed by atoms with van der Waals surface area (Å²) in [6.07, 6.45) is 0. The van der Waals surface area contributed by atoms with Gasteiger partial charge in [0, 0.05) is 28.9 Å². The summed E-state index contributed by atoms with van der Waals surface area (Å²) < 4.78 is 0. The number of aromatic hydroxyl groups is 1. The maximum atomic E-state index is 10.4. The molecule has 0 aliphatic carbocycles. The number of hydrogen-bond acceptors (Lipinski definition) is 4. The van der Waals surface area contributed by atoms with Crippen LogP contribution in [-0.4, -0.2) is 32.2 Å². The standard InChI is InChI=1S/C7H5NO5.Co/c9-3-1-4(6(10)11)8-5(2-3)7(12)13;/h1-2H,(H,8,9)(H,10,11)(H,12,13);. The van der Waals surface area contributed by atoms with Gasteiger partial charge >= 0.3 is 11.9 Å². The number of carbonyl (C=O) groups is 2. The zero-order valence-corrected chi connectivity index (χ0v) is 7.63. The van der Waals surface area contributed by atoms with Gasteiger partial charge in [-0.1, -0.05) is 0 Å². The van der Waals surface area contributed by atoms with Crippen molar-refractivity contribution >= 4 is 11.9 Å². The number of rotatable bonds is 2. The number of carboxylic acid groups (broad SMARTS) is 2. The molecule has 1 radical (unpaired) electrons. The minimum atomic E-state index is -1.39. The summed E-state index contributed by atoms with van der Waals surface area (Å²) in [4.78, 5) is 24.0. The summed E-state index contributed by atoms with van der Waals surface area (Å²) in [7, 11) is 0. The average Bonchev–Trinajstić information content (AvgIpc) is 2.03. The number of pyridine rings is 1. The molecule has 0 bridgehead atoms. The second-order valence-electron chi connectivity index (χ2n) is 2.21. The number of aromatic carboxylic acids is 2. The van der Waals surface area contributed by atoms with E-state index in [0.29, 0.717) is 0 Å². The molecule has 0 atom stereocenters. The van der Waals surface area contributed by atoms with E-state index < -0.39 is 29.1 Å². The summed E-state index contributed by atoms with van der Waals surface area (Å²) in [5.41, 5.74) is -1.00. The van der Waals surface area contributed by atoms with Crippen molar-refractivity contribution in [1.29, 1.82) is 0 Å². The van der Waals surface area contributed by atoms with Crippen molar-refractivity contribution in [2.45, 2.75) is 0 Å². The van der Waals surface area contributed by atoms with Gasteiger partial charge in [0.05, 0.1) is 0 Å². The van der Waals surface area contributed by atoms with E-state index in [1.54, 1.807) is 0 Å². The zero-order valence-electron chi connectivity index (χ0n) is 6.59. The van der Waals surface area contributed by atoms with Gasteiger partial charge in [-0.05, 0) is 0 Å². The van der Waals surface area contributed by atoms with Gasteiger partial charge in [-0.15, -0.1) is 0 Å². The smallest absolute Gasteiger partial charge is 0.354 e. The first-order valence-electron chi connectivity index (χ1n) is 3.18. The van der Waals surface area contributed by atoms with Gasteiger partial charge in [-0.3, -0.25) is 0 Å². The maximum absolute atomic E-state index is 10.4. The van der Waals surface area contributed by atoms with Gasteiger partial charge in [0.15, 0.2) is 11.4 Å². The molecule has 0 unspecified atom stereocenters. The summed E-state index contributed by atoms with van der Waals surface area (Å²) in [5, 5.41) is 25.8. The van der Waals surface area contributed by atoms with Crippen LogP contribution in [0.3, 0.4) is 0 Å². The van der Waals surface area contributed by atoms with Gasteiger partial charge in [0.2, 0.25) is 0 Å². The molecule has 1 aromatic heterocycles. The Hall–Kier alpha value is -1.60. The van der Waals surface area contributed by atoms with Crippen molar-refractivity contribution in [3.63, 3.8) is 0 Å². The quantitative estimate of drug-likeness (QED) is 0.682. The molecule has 3 N–H and O–H groups in total. The summed E-state index contributed by atoms with van der Waals surface area (Å²) in [6, 6.07) is 1.74. The summed E-state index contributed by atoms with van der Waals surface area (Å²) in [6.45, 7) is 0. The predicted molar refractivity (Wildman–Crippen MR) is 39.8 cm³/mol. The molecule has 0 fully saturated rings. The molecule has 0 saturated heterocycles. The molecule has 0 amide bonds.